The van der Waals surface area contributed by atoms with Crippen molar-refractivity contribution in [1.82, 2.24) is 15.2 Å². The molecule has 3 aromatic heterocycles. The predicted octanol–water partition coefficient (Wildman–Crippen LogP) is 5.03. The van der Waals surface area contributed by atoms with E-state index in [0.29, 0.717) is 34.4 Å². The van der Waals surface area contributed by atoms with Crippen molar-refractivity contribution in [2.24, 2.45) is 5.92 Å². The first kappa shape index (κ1) is 25.3. The molecule has 5 rings (SSSR count). The summed E-state index contributed by atoms with van der Waals surface area (Å²) in [5.41, 5.74) is 1.44. The quantitative estimate of drug-likeness (QED) is 0.339. The summed E-state index contributed by atoms with van der Waals surface area (Å²) in [5.74, 6) is -0.0333. The SMILES string of the molecule is CC(=O)N(CCCN(C(=O)c1cccs1)c1nc(-c2cc3ccccc3o2)cs1)C(=O)C1CCNCC1. The molecule has 4 heterocycles. The molecule has 1 aromatic carbocycles. The Hall–Kier alpha value is -3.34. The van der Waals surface area contributed by atoms with Crippen LogP contribution in [0.3, 0.4) is 0 Å². The number of piperidine rings is 1. The van der Waals surface area contributed by atoms with E-state index in [0.717, 1.165) is 36.9 Å². The van der Waals surface area contributed by atoms with Gasteiger partial charge in [-0.2, -0.15) is 0 Å². The third kappa shape index (κ3) is 5.66. The molecule has 192 valence electrons. The molecule has 4 aromatic rings. The van der Waals surface area contributed by atoms with Gasteiger partial charge in [-0.1, -0.05) is 24.3 Å². The maximum Gasteiger partial charge on any atom is 0.270 e. The fourth-order valence-corrected chi connectivity index (χ4v) is 6.04. The summed E-state index contributed by atoms with van der Waals surface area (Å²) in [7, 11) is 0. The van der Waals surface area contributed by atoms with Crippen LogP contribution in [0.1, 0.15) is 35.9 Å². The van der Waals surface area contributed by atoms with Crippen LogP contribution in [0.15, 0.2) is 57.6 Å². The van der Waals surface area contributed by atoms with Gasteiger partial charge < -0.3 is 9.73 Å². The number of carbonyl (C=O) groups excluding carboxylic acids is 3. The molecular weight excluding hydrogens is 508 g/mol. The van der Waals surface area contributed by atoms with Crippen molar-refractivity contribution in [3.05, 3.63) is 58.1 Å². The minimum atomic E-state index is -0.263. The fraction of sp³-hybridized carbons (Fsp3) is 0.333. The molecule has 0 atom stereocenters. The van der Waals surface area contributed by atoms with E-state index in [9.17, 15) is 14.4 Å². The summed E-state index contributed by atoms with van der Waals surface area (Å²) < 4.78 is 5.96. The Labute approximate surface area is 222 Å². The second-order valence-corrected chi connectivity index (χ2v) is 10.8. The number of thiophene rings is 1. The molecular formula is C27H28N4O4S2. The van der Waals surface area contributed by atoms with Crippen LogP contribution in [-0.2, 0) is 9.59 Å². The van der Waals surface area contributed by atoms with Crippen molar-refractivity contribution in [3.8, 4) is 11.5 Å². The number of carbonyl (C=O) groups is 3. The van der Waals surface area contributed by atoms with E-state index in [-0.39, 0.29) is 30.2 Å². The zero-order chi connectivity index (χ0) is 25.8. The Kier molecular flexibility index (Phi) is 7.78. The topological polar surface area (TPSA) is 95.8 Å². The highest BCUT2D eigenvalue weighted by atomic mass is 32.1. The summed E-state index contributed by atoms with van der Waals surface area (Å²) in [4.78, 5) is 47.1. The lowest BCUT2D eigenvalue weighted by Crippen LogP contribution is -2.44. The van der Waals surface area contributed by atoms with Gasteiger partial charge >= 0.3 is 0 Å². The highest BCUT2D eigenvalue weighted by molar-refractivity contribution is 7.14. The standard InChI is InChI=1S/C27H28N4O4S2/c1-18(32)30(25(33)19-9-11-28-12-10-19)13-5-14-31(26(34)24-8-4-15-36-24)27-29-21(17-37-27)23-16-20-6-2-3-7-22(20)35-23/h2-4,6-8,15-17,19,28H,5,9-14H2,1H3. The van der Waals surface area contributed by atoms with Gasteiger partial charge in [-0.15, -0.1) is 22.7 Å². The number of fused-ring (bicyclic) bond motifs is 1. The van der Waals surface area contributed by atoms with Gasteiger partial charge in [-0.05, 0) is 55.9 Å². The van der Waals surface area contributed by atoms with Gasteiger partial charge in [-0.3, -0.25) is 24.2 Å². The van der Waals surface area contributed by atoms with E-state index < -0.39 is 0 Å². The van der Waals surface area contributed by atoms with Crippen molar-refractivity contribution in [2.45, 2.75) is 26.2 Å². The number of nitrogens with zero attached hydrogens (tertiary/aromatic N) is 3. The monoisotopic (exact) mass is 536 g/mol. The first-order valence-electron chi connectivity index (χ1n) is 12.3. The van der Waals surface area contributed by atoms with Gasteiger partial charge in [0.2, 0.25) is 11.8 Å². The maximum atomic E-state index is 13.4. The Morgan fingerprint density at radius 2 is 1.89 bits per heavy atom. The van der Waals surface area contributed by atoms with Gasteiger partial charge in [0.05, 0.1) is 4.88 Å². The molecule has 1 fully saturated rings. The molecule has 1 N–H and O–H groups in total. The Bertz CT molecular complexity index is 1360. The molecule has 0 saturated carbocycles. The molecule has 0 unspecified atom stereocenters. The van der Waals surface area contributed by atoms with Crippen LogP contribution < -0.4 is 10.2 Å². The lowest BCUT2D eigenvalue weighted by molar-refractivity contribution is -0.146. The van der Waals surface area contributed by atoms with E-state index >= 15 is 0 Å². The zero-order valence-corrected chi connectivity index (χ0v) is 22.1. The molecule has 3 amide bonds. The van der Waals surface area contributed by atoms with Gasteiger partial charge in [-0.25, -0.2) is 4.98 Å². The van der Waals surface area contributed by atoms with Gasteiger partial charge in [0, 0.05) is 36.7 Å². The average Bonchev–Trinajstić information content (AvgIpc) is 3.69. The molecule has 0 bridgehead atoms. The average molecular weight is 537 g/mol. The minimum absolute atomic E-state index is 0.119. The van der Waals surface area contributed by atoms with Gasteiger partial charge in [0.15, 0.2) is 10.9 Å². The number of aromatic nitrogens is 1. The van der Waals surface area contributed by atoms with Crippen LogP contribution in [0.2, 0.25) is 0 Å². The first-order chi connectivity index (χ1) is 18.0. The van der Waals surface area contributed by atoms with Crippen molar-refractivity contribution >= 4 is 56.5 Å². The number of nitrogens with one attached hydrogen (secondary N) is 1. The Balaban J connectivity index is 1.33. The van der Waals surface area contributed by atoms with E-state index in [1.54, 1.807) is 11.0 Å². The third-order valence-electron chi connectivity index (χ3n) is 6.48. The molecule has 8 nitrogen and oxygen atoms in total. The van der Waals surface area contributed by atoms with Crippen LogP contribution in [-0.4, -0.2) is 53.8 Å². The third-order valence-corrected chi connectivity index (χ3v) is 8.20. The van der Waals surface area contributed by atoms with Crippen molar-refractivity contribution in [3.63, 3.8) is 0 Å². The predicted molar refractivity (Wildman–Crippen MR) is 146 cm³/mol. The highest BCUT2D eigenvalue weighted by Gasteiger charge is 2.29. The largest absolute Gasteiger partial charge is 0.454 e. The highest BCUT2D eigenvalue weighted by Crippen LogP contribution is 2.32. The molecule has 37 heavy (non-hydrogen) atoms. The van der Waals surface area contributed by atoms with Crippen molar-refractivity contribution in [2.75, 3.05) is 31.1 Å². The fourth-order valence-electron chi connectivity index (χ4n) is 4.53. The van der Waals surface area contributed by atoms with Gasteiger partial charge in [0.25, 0.3) is 5.91 Å². The zero-order valence-electron chi connectivity index (χ0n) is 20.5. The van der Waals surface area contributed by atoms with E-state index in [1.807, 2.05) is 47.2 Å². The number of hydrogen-bond donors (Lipinski definition) is 1. The summed E-state index contributed by atoms with van der Waals surface area (Å²) in [6.07, 6.45) is 1.91. The Morgan fingerprint density at radius 1 is 1.08 bits per heavy atom. The van der Waals surface area contributed by atoms with Crippen LogP contribution in [0.4, 0.5) is 5.13 Å². The van der Waals surface area contributed by atoms with E-state index in [1.165, 1.54) is 34.5 Å². The number of furan rings is 1. The first-order valence-corrected chi connectivity index (χ1v) is 14.1. The van der Waals surface area contributed by atoms with E-state index in [2.05, 4.69) is 5.32 Å². The maximum absolute atomic E-state index is 13.4. The molecule has 1 aliphatic rings. The smallest absolute Gasteiger partial charge is 0.270 e. The normalized spacial score (nSPS) is 14.1. The molecule has 0 aliphatic carbocycles. The van der Waals surface area contributed by atoms with Crippen LogP contribution in [0, 0.1) is 5.92 Å². The number of para-hydroxylation sites is 1. The number of rotatable bonds is 8. The molecule has 10 heteroatoms. The molecule has 1 aliphatic heterocycles. The number of anilines is 1. The number of benzene rings is 1. The number of amides is 3. The Morgan fingerprint density at radius 3 is 2.62 bits per heavy atom. The lowest BCUT2D eigenvalue weighted by atomic mass is 9.96. The number of hydrogen-bond acceptors (Lipinski definition) is 8. The minimum Gasteiger partial charge on any atom is -0.454 e. The summed E-state index contributed by atoms with van der Waals surface area (Å²) in [6, 6.07) is 13.3. The van der Waals surface area contributed by atoms with Crippen LogP contribution in [0.5, 0.6) is 0 Å². The summed E-state index contributed by atoms with van der Waals surface area (Å²) in [6.45, 7) is 3.57. The summed E-state index contributed by atoms with van der Waals surface area (Å²) >= 11 is 2.74. The lowest BCUT2D eigenvalue weighted by Gasteiger charge is -2.28. The van der Waals surface area contributed by atoms with Crippen LogP contribution in [0.25, 0.3) is 22.4 Å². The van der Waals surface area contributed by atoms with Crippen LogP contribution >= 0.6 is 22.7 Å². The van der Waals surface area contributed by atoms with E-state index in [4.69, 9.17) is 9.40 Å². The molecule has 1 saturated heterocycles. The number of imide groups is 1. The molecule has 0 spiro atoms. The van der Waals surface area contributed by atoms with Crippen molar-refractivity contribution in [1.29, 1.82) is 0 Å². The van der Waals surface area contributed by atoms with Gasteiger partial charge in [0.1, 0.15) is 11.3 Å². The summed E-state index contributed by atoms with van der Waals surface area (Å²) in [5, 5.41) is 8.53. The second-order valence-electron chi connectivity index (χ2n) is 8.98. The second kappa shape index (κ2) is 11.4. The van der Waals surface area contributed by atoms with Crippen molar-refractivity contribution < 1.29 is 18.8 Å². The molecule has 0 radical (unpaired) electrons. The number of thiazole rings is 1.